The Bertz CT molecular complexity index is 2210. The van der Waals surface area contributed by atoms with E-state index in [9.17, 15) is 22.6 Å². The van der Waals surface area contributed by atoms with Gasteiger partial charge in [-0.15, -0.1) is 4.33 Å². The molecule has 4 rings (SSSR count). The highest BCUT2D eigenvalue weighted by atomic mass is 32.2. The van der Waals surface area contributed by atoms with Crippen LogP contribution in [0.3, 0.4) is 0 Å². The fourth-order valence-corrected chi connectivity index (χ4v) is 8.76. The summed E-state index contributed by atoms with van der Waals surface area (Å²) >= 11 is 0.902. The fourth-order valence-electron chi connectivity index (χ4n) is 7.85. The van der Waals surface area contributed by atoms with Gasteiger partial charge in [0.1, 0.15) is 13.2 Å². The van der Waals surface area contributed by atoms with E-state index in [4.69, 9.17) is 34.1 Å². The molecular formula is C44H62N7O12S2+. The zero-order valence-corrected chi connectivity index (χ0v) is 39.3. The largest absolute Gasteiger partial charge is 0.382 e. The van der Waals surface area contributed by atoms with Gasteiger partial charge in [-0.05, 0) is 87.5 Å². The second-order valence-corrected chi connectivity index (χ2v) is 18.1. The predicted molar refractivity (Wildman–Crippen MR) is 246 cm³/mol. The van der Waals surface area contributed by atoms with Crippen molar-refractivity contribution in [1.82, 2.24) is 10.6 Å². The molecule has 0 saturated heterocycles. The number of methoxy groups -OCH3 is 2. The SMILES string of the molecule is COCCOCC[N+]1=C(/C=C/C=C/C=C2/N(CCCCCC(=O)NCCNC(=O)CN=[N+]=[N-])c3ccc(S(=O)(=O)O)cc3C2(C)CCOCCOC)C(C)(C)c2cc(SOOO)ccc21. The van der Waals surface area contributed by atoms with Crippen LogP contribution in [0.2, 0.25) is 0 Å². The molecule has 0 saturated carbocycles. The Hall–Kier alpha value is -4.64. The van der Waals surface area contributed by atoms with E-state index in [0.717, 1.165) is 57.3 Å². The molecule has 1 atom stereocenters. The quantitative estimate of drug-likeness (QED) is 0.00639. The van der Waals surface area contributed by atoms with Crippen molar-refractivity contribution in [2.45, 2.75) is 73.5 Å². The Kier molecular flexibility index (Phi) is 21.6. The normalized spacial score (nSPS) is 17.3. The van der Waals surface area contributed by atoms with Crippen LogP contribution in [0.25, 0.3) is 10.4 Å². The molecule has 65 heavy (non-hydrogen) atoms. The molecule has 0 fully saturated rings. The number of unbranched alkanes of at least 4 members (excludes halogenated alkanes) is 2. The maximum absolute atomic E-state index is 12.5. The van der Waals surface area contributed by atoms with Crippen molar-refractivity contribution in [2.75, 3.05) is 91.5 Å². The minimum Gasteiger partial charge on any atom is -0.382 e. The minimum absolute atomic E-state index is 0.147. The smallest absolute Gasteiger partial charge is 0.294 e. The van der Waals surface area contributed by atoms with Crippen LogP contribution in [0, 0.1) is 0 Å². The summed E-state index contributed by atoms with van der Waals surface area (Å²) in [6.45, 7) is 10.2. The molecular weight excluding hydrogens is 883 g/mol. The summed E-state index contributed by atoms with van der Waals surface area (Å²) in [4.78, 5) is 29.4. The molecule has 4 N–H and O–H groups in total. The van der Waals surface area contributed by atoms with Gasteiger partial charge in [-0.1, -0.05) is 34.8 Å². The molecule has 2 aromatic carbocycles. The Labute approximate surface area is 385 Å². The first-order valence-electron chi connectivity index (χ1n) is 21.3. The summed E-state index contributed by atoms with van der Waals surface area (Å²) in [5, 5.41) is 21.1. The number of carbonyl (C=O) groups excluding carboxylic acids is 2. The molecule has 0 aliphatic carbocycles. The van der Waals surface area contributed by atoms with E-state index >= 15 is 0 Å². The lowest BCUT2D eigenvalue weighted by molar-refractivity contribution is -0.442. The van der Waals surface area contributed by atoms with Crippen LogP contribution in [0.4, 0.5) is 11.4 Å². The number of carbonyl (C=O) groups is 2. The third-order valence-corrected chi connectivity index (χ3v) is 12.6. The van der Waals surface area contributed by atoms with Crippen LogP contribution >= 0.6 is 12.0 Å². The molecule has 0 aromatic heterocycles. The van der Waals surface area contributed by atoms with Crippen molar-refractivity contribution in [2.24, 2.45) is 5.11 Å². The van der Waals surface area contributed by atoms with E-state index in [1.807, 2.05) is 49.4 Å². The lowest BCUT2D eigenvalue weighted by atomic mass is 9.78. The fraction of sp³-hybridized carbons (Fsp3) is 0.523. The molecule has 2 heterocycles. The van der Waals surface area contributed by atoms with Gasteiger partial charge in [0.25, 0.3) is 10.1 Å². The highest BCUT2D eigenvalue weighted by Crippen LogP contribution is 2.51. The van der Waals surface area contributed by atoms with Crippen molar-refractivity contribution >= 4 is 51.1 Å². The number of nitrogens with one attached hydrogen (secondary N) is 2. The zero-order chi connectivity index (χ0) is 47.3. The zero-order valence-electron chi connectivity index (χ0n) is 37.7. The van der Waals surface area contributed by atoms with Gasteiger partial charge in [-0.3, -0.25) is 14.1 Å². The Morgan fingerprint density at radius 3 is 2.32 bits per heavy atom. The van der Waals surface area contributed by atoms with E-state index in [1.165, 1.54) is 12.1 Å². The van der Waals surface area contributed by atoms with Crippen molar-refractivity contribution in [3.05, 3.63) is 94.0 Å². The monoisotopic (exact) mass is 944 g/mol. The van der Waals surface area contributed by atoms with Crippen LogP contribution in [-0.4, -0.2) is 127 Å². The molecule has 2 aliphatic rings. The second kappa shape index (κ2) is 26.5. The van der Waals surface area contributed by atoms with Crippen LogP contribution in [0.15, 0.2) is 87.4 Å². The van der Waals surface area contributed by atoms with E-state index in [2.05, 4.69) is 55.1 Å². The van der Waals surface area contributed by atoms with Crippen LogP contribution in [0.1, 0.15) is 64.0 Å². The number of fused-ring (bicyclic) bond motifs is 2. The molecule has 0 bridgehead atoms. The maximum Gasteiger partial charge on any atom is 0.294 e. The standard InChI is InChI=1S/C44H61N7O12S2/c1-43(2)35-30-33(64-63-62-54)15-17-37(35)51(23-25-61-29-27-59-5)39(43)12-8-6-9-13-40-44(3,19-24-60-28-26-58-4)36-31-34(65(55,56)57)16-18-38(36)50(40)22-11-7-10-14-41(52)46-20-21-47-42(53)32-48-49-45/h6,8-9,12-13,15-18,30-31H,7,10-11,14,19-29,32H2,1-5H3,(H3-,46,47,52,53,54,55,56,57)/p+1. The third kappa shape index (κ3) is 15.2. The topological polar surface area (TPSA) is 243 Å². The summed E-state index contributed by atoms with van der Waals surface area (Å²) in [6.07, 6.45) is 12.8. The molecule has 21 heteroatoms. The van der Waals surface area contributed by atoms with Gasteiger partial charge in [-0.2, -0.15) is 13.0 Å². The van der Waals surface area contributed by atoms with E-state index < -0.39 is 26.9 Å². The average Bonchev–Trinajstić information content (AvgIpc) is 3.63. The van der Waals surface area contributed by atoms with Crippen LogP contribution < -0.4 is 15.5 Å². The highest BCUT2D eigenvalue weighted by Gasteiger charge is 2.45. The first-order valence-corrected chi connectivity index (χ1v) is 23.5. The number of hydrogen-bond acceptors (Lipinski definition) is 14. The van der Waals surface area contributed by atoms with Crippen LogP contribution in [-0.2, 0) is 58.9 Å². The van der Waals surface area contributed by atoms with Gasteiger partial charge in [-0.25, -0.2) is 5.26 Å². The van der Waals surface area contributed by atoms with Gasteiger partial charge in [0.2, 0.25) is 17.5 Å². The number of hydrogen-bond donors (Lipinski definition) is 4. The van der Waals surface area contributed by atoms with E-state index in [1.54, 1.807) is 20.3 Å². The lowest BCUT2D eigenvalue weighted by Gasteiger charge is -2.30. The van der Waals surface area contributed by atoms with Gasteiger partial charge in [0.15, 0.2) is 12.3 Å². The maximum atomic E-state index is 12.5. The van der Waals surface area contributed by atoms with Gasteiger partial charge >= 0.3 is 0 Å². The number of benzene rings is 2. The molecule has 2 aromatic rings. The summed E-state index contributed by atoms with van der Waals surface area (Å²) in [5.41, 5.74) is 12.8. The first kappa shape index (κ1) is 53.0. The van der Waals surface area contributed by atoms with Gasteiger partial charge in [0.05, 0.1) is 48.8 Å². The van der Waals surface area contributed by atoms with Gasteiger partial charge in [0, 0.05) is 91.2 Å². The molecule has 19 nitrogen and oxygen atoms in total. The molecule has 1 unspecified atom stereocenters. The summed E-state index contributed by atoms with van der Waals surface area (Å²) in [5.74, 6) is -0.574. The molecule has 2 amide bonds. The number of amides is 2. The molecule has 0 radical (unpaired) electrons. The second-order valence-electron chi connectivity index (χ2n) is 15.9. The Morgan fingerprint density at radius 2 is 1.63 bits per heavy atom. The molecule has 2 aliphatic heterocycles. The average molecular weight is 945 g/mol. The van der Waals surface area contributed by atoms with Crippen LogP contribution in [0.5, 0.6) is 0 Å². The third-order valence-electron chi connectivity index (χ3n) is 11.2. The summed E-state index contributed by atoms with van der Waals surface area (Å²) in [7, 11) is -1.27. The van der Waals surface area contributed by atoms with E-state index in [0.29, 0.717) is 78.4 Å². The predicted octanol–water partition coefficient (Wildman–Crippen LogP) is 6.33. The van der Waals surface area contributed by atoms with E-state index in [-0.39, 0.29) is 30.4 Å². The summed E-state index contributed by atoms with van der Waals surface area (Å²) in [6, 6.07) is 10.6. The van der Waals surface area contributed by atoms with Crippen molar-refractivity contribution < 1.29 is 60.7 Å². The number of nitrogens with zero attached hydrogens (tertiary/aromatic N) is 5. The minimum atomic E-state index is -4.50. The van der Waals surface area contributed by atoms with Crippen molar-refractivity contribution in [3.8, 4) is 0 Å². The van der Waals surface area contributed by atoms with Crippen molar-refractivity contribution in [1.29, 1.82) is 0 Å². The summed E-state index contributed by atoms with van der Waals surface area (Å²) < 4.78 is 63.9. The molecule has 0 spiro atoms. The first-order chi connectivity index (χ1) is 31.2. The number of anilines is 1. The molecule has 356 valence electrons. The van der Waals surface area contributed by atoms with Gasteiger partial charge < -0.3 is 34.5 Å². The number of azide groups is 1. The van der Waals surface area contributed by atoms with Crippen molar-refractivity contribution in [3.63, 3.8) is 0 Å². The highest BCUT2D eigenvalue weighted by molar-refractivity contribution is 7.94. The number of rotatable bonds is 30. The Balaban J connectivity index is 1.60. The Morgan fingerprint density at radius 1 is 0.908 bits per heavy atom. The lowest BCUT2D eigenvalue weighted by Crippen LogP contribution is -2.35. The number of ether oxygens (including phenoxy) is 4. The number of allylic oxidation sites excluding steroid dienone is 6.